The summed E-state index contributed by atoms with van der Waals surface area (Å²) in [4.78, 5) is 14.0. The van der Waals surface area contributed by atoms with Crippen LogP contribution in [0.2, 0.25) is 0 Å². The average Bonchev–Trinajstić information content (AvgIpc) is 2.46. The first-order chi connectivity index (χ1) is 10.0. The fourth-order valence-electron chi connectivity index (χ4n) is 2.52. The molecule has 0 radical (unpaired) electrons. The number of carbonyl (C=O) groups is 1. The van der Waals surface area contributed by atoms with E-state index in [1.807, 2.05) is 45.0 Å². The highest BCUT2D eigenvalue weighted by atomic mass is 16.5. The van der Waals surface area contributed by atoms with E-state index in [2.05, 4.69) is 10.2 Å². The molecule has 0 spiro atoms. The maximum atomic E-state index is 11.9. The highest BCUT2D eigenvalue weighted by molar-refractivity contribution is 5.78. The Labute approximate surface area is 127 Å². The lowest BCUT2D eigenvalue weighted by atomic mass is 9.98. The van der Waals surface area contributed by atoms with Gasteiger partial charge < -0.3 is 15.8 Å². The molecule has 0 aromatic heterocycles. The summed E-state index contributed by atoms with van der Waals surface area (Å²) in [5.74, 6) is 0.820. The molecule has 5 nitrogen and oxygen atoms in total. The summed E-state index contributed by atoms with van der Waals surface area (Å²) in [6.45, 7) is 7.64. The predicted octanol–water partition coefficient (Wildman–Crippen LogP) is 1.54. The van der Waals surface area contributed by atoms with Crippen LogP contribution in [0.25, 0.3) is 0 Å². The van der Waals surface area contributed by atoms with Crippen LogP contribution < -0.4 is 15.8 Å². The summed E-state index contributed by atoms with van der Waals surface area (Å²) in [6, 6.07) is 7.75. The Bertz CT molecular complexity index is 449. The van der Waals surface area contributed by atoms with E-state index in [0.29, 0.717) is 13.1 Å². The van der Waals surface area contributed by atoms with Gasteiger partial charge in [-0.3, -0.25) is 9.69 Å². The van der Waals surface area contributed by atoms with E-state index in [1.165, 1.54) is 0 Å². The van der Waals surface area contributed by atoms with Gasteiger partial charge in [0.05, 0.1) is 19.7 Å². The van der Waals surface area contributed by atoms with Crippen molar-refractivity contribution in [2.75, 3.05) is 26.7 Å². The van der Waals surface area contributed by atoms with Gasteiger partial charge in [0, 0.05) is 12.6 Å². The van der Waals surface area contributed by atoms with Crippen LogP contribution in [-0.4, -0.2) is 43.6 Å². The number of hydrogen-bond acceptors (Lipinski definition) is 4. The smallest absolute Gasteiger partial charge is 0.234 e. The number of hydrogen-bond donors (Lipinski definition) is 2. The molecule has 0 aliphatic rings. The highest BCUT2D eigenvalue weighted by Crippen LogP contribution is 2.26. The third-order valence-electron chi connectivity index (χ3n) is 3.45. The van der Waals surface area contributed by atoms with Gasteiger partial charge in [-0.15, -0.1) is 0 Å². The number of benzene rings is 1. The number of ether oxygens (including phenoxy) is 1. The fraction of sp³-hybridized carbons (Fsp3) is 0.562. The van der Waals surface area contributed by atoms with Gasteiger partial charge in [-0.2, -0.15) is 0 Å². The van der Waals surface area contributed by atoms with E-state index in [9.17, 15) is 4.79 Å². The summed E-state index contributed by atoms with van der Waals surface area (Å²) in [5, 5.41) is 2.83. The van der Waals surface area contributed by atoms with E-state index in [-0.39, 0.29) is 18.0 Å². The van der Waals surface area contributed by atoms with Gasteiger partial charge in [0.1, 0.15) is 5.75 Å². The van der Waals surface area contributed by atoms with Crippen molar-refractivity contribution in [2.24, 2.45) is 5.73 Å². The zero-order valence-electron chi connectivity index (χ0n) is 13.4. The number of nitrogens with two attached hydrogens (primary N) is 1. The standard InChI is InChI=1S/C16H27N3O2/c1-5-18-15(20)11-19(6-2)16(12(3)17)13-8-7-9-14(10-13)21-4/h7-10,12,16H,5-6,11,17H2,1-4H3,(H,18,20). The molecule has 1 rings (SSSR count). The summed E-state index contributed by atoms with van der Waals surface area (Å²) in [6.07, 6.45) is 0. The maximum Gasteiger partial charge on any atom is 0.234 e. The predicted molar refractivity (Wildman–Crippen MR) is 85.3 cm³/mol. The quantitative estimate of drug-likeness (QED) is 0.763. The lowest BCUT2D eigenvalue weighted by molar-refractivity contribution is -0.122. The third kappa shape index (κ3) is 5.02. The Hall–Kier alpha value is -1.59. The fourth-order valence-corrected chi connectivity index (χ4v) is 2.52. The topological polar surface area (TPSA) is 67.6 Å². The molecule has 0 aliphatic heterocycles. The monoisotopic (exact) mass is 293 g/mol. The third-order valence-corrected chi connectivity index (χ3v) is 3.45. The molecule has 1 aromatic rings. The molecule has 0 heterocycles. The van der Waals surface area contributed by atoms with Crippen molar-refractivity contribution in [2.45, 2.75) is 32.9 Å². The van der Waals surface area contributed by atoms with Crippen LogP contribution in [-0.2, 0) is 4.79 Å². The van der Waals surface area contributed by atoms with Crippen LogP contribution in [0.4, 0.5) is 0 Å². The van der Waals surface area contributed by atoms with Gasteiger partial charge in [0.2, 0.25) is 5.91 Å². The van der Waals surface area contributed by atoms with Gasteiger partial charge >= 0.3 is 0 Å². The van der Waals surface area contributed by atoms with Crippen LogP contribution in [0, 0.1) is 0 Å². The zero-order chi connectivity index (χ0) is 15.8. The van der Waals surface area contributed by atoms with Gasteiger partial charge in [-0.05, 0) is 38.1 Å². The highest BCUT2D eigenvalue weighted by Gasteiger charge is 2.25. The van der Waals surface area contributed by atoms with Crippen molar-refractivity contribution < 1.29 is 9.53 Å². The Morgan fingerprint density at radius 3 is 2.67 bits per heavy atom. The molecular weight excluding hydrogens is 266 g/mol. The van der Waals surface area contributed by atoms with Crippen molar-refractivity contribution in [1.82, 2.24) is 10.2 Å². The van der Waals surface area contributed by atoms with Crippen molar-refractivity contribution in [3.8, 4) is 5.75 Å². The van der Waals surface area contributed by atoms with Crippen LogP contribution in [0.15, 0.2) is 24.3 Å². The molecular formula is C16H27N3O2. The molecule has 1 amide bonds. The number of carbonyl (C=O) groups excluding carboxylic acids is 1. The van der Waals surface area contributed by atoms with Crippen molar-refractivity contribution in [3.63, 3.8) is 0 Å². The summed E-state index contributed by atoms with van der Waals surface area (Å²) < 4.78 is 5.28. The van der Waals surface area contributed by atoms with Crippen LogP contribution >= 0.6 is 0 Å². The molecule has 0 fully saturated rings. The van der Waals surface area contributed by atoms with Gasteiger partial charge in [0.25, 0.3) is 0 Å². The van der Waals surface area contributed by atoms with E-state index in [0.717, 1.165) is 17.9 Å². The first kappa shape index (κ1) is 17.5. The van der Waals surface area contributed by atoms with E-state index >= 15 is 0 Å². The first-order valence-corrected chi connectivity index (χ1v) is 7.43. The SMILES string of the molecule is CCNC(=O)CN(CC)C(c1cccc(OC)c1)C(C)N. The van der Waals surface area contributed by atoms with Crippen molar-refractivity contribution >= 4 is 5.91 Å². The average molecular weight is 293 g/mol. The summed E-state index contributed by atoms with van der Waals surface area (Å²) in [7, 11) is 1.65. The van der Waals surface area contributed by atoms with Crippen molar-refractivity contribution in [3.05, 3.63) is 29.8 Å². The number of methoxy groups -OCH3 is 1. The molecule has 0 bridgehead atoms. The normalized spacial score (nSPS) is 13.8. The number of amides is 1. The zero-order valence-corrected chi connectivity index (χ0v) is 13.4. The molecule has 0 aliphatic carbocycles. The lowest BCUT2D eigenvalue weighted by Gasteiger charge is -2.33. The molecule has 0 saturated heterocycles. The van der Waals surface area contributed by atoms with Crippen LogP contribution in [0.5, 0.6) is 5.75 Å². The first-order valence-electron chi connectivity index (χ1n) is 7.43. The molecule has 1 aromatic carbocycles. The number of likely N-dealkylation sites (N-methyl/N-ethyl adjacent to an activating group) is 2. The molecule has 2 unspecified atom stereocenters. The van der Waals surface area contributed by atoms with Crippen LogP contribution in [0.3, 0.4) is 0 Å². The minimum absolute atomic E-state index is 0.0206. The second kappa shape index (κ2) is 8.64. The minimum Gasteiger partial charge on any atom is -0.497 e. The van der Waals surface area contributed by atoms with Gasteiger partial charge in [-0.25, -0.2) is 0 Å². The van der Waals surface area contributed by atoms with Crippen LogP contribution in [0.1, 0.15) is 32.4 Å². The Balaban J connectivity index is 2.99. The maximum absolute atomic E-state index is 11.9. The summed E-state index contributed by atoms with van der Waals surface area (Å²) in [5.41, 5.74) is 7.24. The molecule has 118 valence electrons. The molecule has 3 N–H and O–H groups in total. The Morgan fingerprint density at radius 1 is 1.43 bits per heavy atom. The molecule has 21 heavy (non-hydrogen) atoms. The Morgan fingerprint density at radius 2 is 2.14 bits per heavy atom. The summed E-state index contributed by atoms with van der Waals surface area (Å²) >= 11 is 0. The lowest BCUT2D eigenvalue weighted by Crippen LogP contribution is -2.44. The molecule has 2 atom stereocenters. The number of nitrogens with zero attached hydrogens (tertiary/aromatic N) is 1. The second-order valence-corrected chi connectivity index (χ2v) is 5.10. The van der Waals surface area contributed by atoms with E-state index in [4.69, 9.17) is 10.5 Å². The number of nitrogens with one attached hydrogen (secondary N) is 1. The largest absolute Gasteiger partial charge is 0.497 e. The van der Waals surface area contributed by atoms with Gasteiger partial charge in [-0.1, -0.05) is 19.1 Å². The number of rotatable bonds is 8. The second-order valence-electron chi connectivity index (χ2n) is 5.10. The minimum atomic E-state index is -0.0912. The molecule has 0 saturated carbocycles. The van der Waals surface area contributed by atoms with Gasteiger partial charge in [0.15, 0.2) is 0 Å². The van der Waals surface area contributed by atoms with Crippen molar-refractivity contribution in [1.29, 1.82) is 0 Å². The van der Waals surface area contributed by atoms with E-state index < -0.39 is 0 Å². The Kier molecular flexibility index (Phi) is 7.19. The van der Waals surface area contributed by atoms with E-state index in [1.54, 1.807) is 7.11 Å². The molecule has 5 heteroatoms.